The normalized spacial score (nSPS) is 11.8. The Morgan fingerprint density at radius 3 is 2.45 bits per heavy atom. The standard InChI is InChI=1S/C15H18N2O5/c1-4-22-15(20)17-14(19)13(10(2)18)9-16-11-5-7-12(21-3)8-6-11/h5-9,18H,4H2,1-3H3,(H,17,19,20)/b13-10-,16-9?. The molecule has 0 aliphatic heterocycles. The number of aliphatic hydroxyl groups is 1. The zero-order valence-corrected chi connectivity index (χ0v) is 12.6. The SMILES string of the molecule is CCOC(=O)NC(=O)/C(C=Nc1ccc(OC)cc1)=C(/C)O. The van der Waals surface area contributed by atoms with Gasteiger partial charge in [0.2, 0.25) is 0 Å². The second kappa shape index (κ2) is 8.46. The molecule has 0 radical (unpaired) electrons. The lowest BCUT2D eigenvalue weighted by Gasteiger charge is -2.05. The lowest BCUT2D eigenvalue weighted by molar-refractivity contribution is -0.116. The number of carbonyl (C=O) groups excluding carboxylic acids is 2. The Morgan fingerprint density at radius 2 is 1.95 bits per heavy atom. The van der Waals surface area contributed by atoms with E-state index in [-0.39, 0.29) is 17.9 Å². The second-order valence-electron chi connectivity index (χ2n) is 4.13. The zero-order valence-electron chi connectivity index (χ0n) is 12.6. The monoisotopic (exact) mass is 306 g/mol. The van der Waals surface area contributed by atoms with Gasteiger partial charge in [0.1, 0.15) is 11.5 Å². The van der Waals surface area contributed by atoms with E-state index in [2.05, 4.69) is 9.73 Å². The minimum atomic E-state index is -0.885. The van der Waals surface area contributed by atoms with Gasteiger partial charge in [-0.25, -0.2) is 4.79 Å². The molecule has 0 aliphatic rings. The fourth-order valence-corrected chi connectivity index (χ4v) is 1.45. The van der Waals surface area contributed by atoms with Crippen LogP contribution in [0.25, 0.3) is 0 Å². The maximum Gasteiger partial charge on any atom is 0.414 e. The Morgan fingerprint density at radius 1 is 1.32 bits per heavy atom. The summed E-state index contributed by atoms with van der Waals surface area (Å²) >= 11 is 0. The Labute approximate surface area is 128 Å². The summed E-state index contributed by atoms with van der Waals surface area (Å²) in [7, 11) is 1.55. The van der Waals surface area contributed by atoms with Crippen molar-refractivity contribution in [3.8, 4) is 5.75 Å². The summed E-state index contributed by atoms with van der Waals surface area (Å²) in [4.78, 5) is 27.1. The Hall–Kier alpha value is -2.83. The number of methoxy groups -OCH3 is 1. The van der Waals surface area contributed by atoms with E-state index in [1.165, 1.54) is 13.1 Å². The first kappa shape index (κ1) is 17.2. The highest BCUT2D eigenvalue weighted by atomic mass is 16.5. The highest BCUT2D eigenvalue weighted by Gasteiger charge is 2.15. The Bertz CT molecular complexity index is 586. The van der Waals surface area contributed by atoms with Crippen LogP contribution in [0.5, 0.6) is 5.75 Å². The summed E-state index contributed by atoms with van der Waals surface area (Å²) in [6, 6.07) is 6.78. The van der Waals surface area contributed by atoms with Crippen LogP contribution >= 0.6 is 0 Å². The minimum absolute atomic E-state index is 0.135. The smallest absolute Gasteiger partial charge is 0.414 e. The molecule has 7 heteroatoms. The molecular formula is C15H18N2O5. The Kier molecular flexibility index (Phi) is 6.62. The molecular weight excluding hydrogens is 288 g/mol. The molecule has 118 valence electrons. The number of hydrogen-bond acceptors (Lipinski definition) is 6. The summed E-state index contributed by atoms with van der Waals surface area (Å²) in [5.74, 6) is -0.386. The predicted molar refractivity (Wildman–Crippen MR) is 81.6 cm³/mol. The average molecular weight is 306 g/mol. The molecule has 0 saturated heterocycles. The van der Waals surface area contributed by atoms with E-state index >= 15 is 0 Å². The minimum Gasteiger partial charge on any atom is -0.512 e. The third kappa shape index (κ3) is 5.28. The number of nitrogens with zero attached hydrogens (tertiary/aromatic N) is 1. The Balaban J connectivity index is 2.84. The van der Waals surface area contributed by atoms with Gasteiger partial charge < -0.3 is 14.6 Å². The van der Waals surface area contributed by atoms with Crippen LogP contribution in [0.1, 0.15) is 13.8 Å². The number of ether oxygens (including phenoxy) is 2. The first-order valence-corrected chi connectivity index (χ1v) is 6.54. The van der Waals surface area contributed by atoms with E-state index in [4.69, 9.17) is 4.74 Å². The number of carbonyl (C=O) groups is 2. The molecule has 1 aromatic rings. The summed E-state index contributed by atoms with van der Waals surface area (Å²) < 4.78 is 9.62. The maximum atomic E-state index is 11.9. The van der Waals surface area contributed by atoms with Crippen LogP contribution in [0.2, 0.25) is 0 Å². The zero-order chi connectivity index (χ0) is 16.5. The number of aliphatic hydroxyl groups excluding tert-OH is 1. The van der Waals surface area contributed by atoms with Gasteiger partial charge in [0, 0.05) is 6.21 Å². The fourth-order valence-electron chi connectivity index (χ4n) is 1.45. The molecule has 0 aliphatic carbocycles. The number of alkyl carbamates (subject to hydrolysis) is 1. The van der Waals surface area contributed by atoms with Crippen molar-refractivity contribution < 1.29 is 24.2 Å². The molecule has 0 spiro atoms. The lowest BCUT2D eigenvalue weighted by atomic mass is 10.2. The highest BCUT2D eigenvalue weighted by molar-refractivity contribution is 6.16. The molecule has 0 fully saturated rings. The number of amides is 2. The number of hydrogen-bond donors (Lipinski definition) is 2. The maximum absolute atomic E-state index is 11.9. The van der Waals surface area contributed by atoms with Crippen LogP contribution in [0.3, 0.4) is 0 Å². The van der Waals surface area contributed by atoms with Crippen LogP contribution in [-0.2, 0) is 9.53 Å². The van der Waals surface area contributed by atoms with Crippen molar-refractivity contribution in [2.75, 3.05) is 13.7 Å². The molecule has 2 amide bonds. The second-order valence-corrected chi connectivity index (χ2v) is 4.13. The molecule has 1 aromatic carbocycles. The summed E-state index contributed by atoms with van der Waals surface area (Å²) in [6.07, 6.45) is 0.287. The van der Waals surface area contributed by atoms with Crippen molar-refractivity contribution in [2.45, 2.75) is 13.8 Å². The molecule has 1 rings (SSSR count). The first-order chi connectivity index (χ1) is 10.5. The number of rotatable bonds is 5. The van der Waals surface area contributed by atoms with Gasteiger partial charge in [0.25, 0.3) is 5.91 Å². The molecule has 0 aromatic heterocycles. The van der Waals surface area contributed by atoms with Gasteiger partial charge in [-0.3, -0.25) is 15.1 Å². The third-order valence-electron chi connectivity index (χ3n) is 2.54. The van der Waals surface area contributed by atoms with E-state index in [0.29, 0.717) is 11.4 Å². The average Bonchev–Trinajstić information content (AvgIpc) is 2.47. The molecule has 7 nitrogen and oxygen atoms in total. The molecule has 0 bridgehead atoms. The van der Waals surface area contributed by atoms with Crippen LogP contribution in [-0.4, -0.2) is 37.0 Å². The quantitative estimate of drug-likeness (QED) is 0.495. The van der Waals surface area contributed by atoms with Crippen LogP contribution in [0.15, 0.2) is 40.6 Å². The lowest BCUT2D eigenvalue weighted by Crippen LogP contribution is -2.33. The van der Waals surface area contributed by atoms with Gasteiger partial charge in [-0.05, 0) is 38.1 Å². The summed E-state index contributed by atoms with van der Waals surface area (Å²) in [6.45, 7) is 3.07. The molecule has 2 N–H and O–H groups in total. The van der Waals surface area contributed by atoms with E-state index in [1.54, 1.807) is 38.3 Å². The molecule has 0 saturated carbocycles. The van der Waals surface area contributed by atoms with Gasteiger partial charge in [-0.2, -0.15) is 0 Å². The van der Waals surface area contributed by atoms with Crippen molar-refractivity contribution >= 4 is 23.9 Å². The predicted octanol–water partition coefficient (Wildman–Crippen LogP) is 2.50. The number of nitrogens with one attached hydrogen (secondary N) is 1. The van der Waals surface area contributed by atoms with E-state index < -0.39 is 12.0 Å². The van der Waals surface area contributed by atoms with Gasteiger partial charge in [-0.15, -0.1) is 0 Å². The topological polar surface area (TPSA) is 97.2 Å². The summed E-state index contributed by atoms with van der Waals surface area (Å²) in [5, 5.41) is 11.5. The number of imide groups is 1. The largest absolute Gasteiger partial charge is 0.512 e. The number of allylic oxidation sites excluding steroid dienone is 1. The van der Waals surface area contributed by atoms with Crippen molar-refractivity contribution in [3.05, 3.63) is 35.6 Å². The van der Waals surface area contributed by atoms with Crippen LogP contribution < -0.4 is 10.1 Å². The van der Waals surface area contributed by atoms with E-state index in [0.717, 1.165) is 0 Å². The molecule has 0 unspecified atom stereocenters. The molecule has 0 heterocycles. The van der Waals surface area contributed by atoms with Gasteiger partial charge in [0.05, 0.1) is 25.0 Å². The summed E-state index contributed by atoms with van der Waals surface area (Å²) in [5.41, 5.74) is 0.423. The van der Waals surface area contributed by atoms with Crippen molar-refractivity contribution in [1.82, 2.24) is 5.32 Å². The van der Waals surface area contributed by atoms with Crippen molar-refractivity contribution in [2.24, 2.45) is 4.99 Å². The van der Waals surface area contributed by atoms with Crippen LogP contribution in [0.4, 0.5) is 10.5 Å². The number of aliphatic imine (C=N–C) groups is 1. The molecule has 22 heavy (non-hydrogen) atoms. The third-order valence-corrected chi connectivity index (χ3v) is 2.54. The molecule has 0 atom stereocenters. The van der Waals surface area contributed by atoms with E-state index in [9.17, 15) is 14.7 Å². The van der Waals surface area contributed by atoms with E-state index in [1.807, 2.05) is 5.32 Å². The highest BCUT2D eigenvalue weighted by Crippen LogP contribution is 2.17. The van der Waals surface area contributed by atoms with Gasteiger partial charge in [0.15, 0.2) is 0 Å². The van der Waals surface area contributed by atoms with Gasteiger partial charge in [-0.1, -0.05) is 0 Å². The number of benzene rings is 1. The van der Waals surface area contributed by atoms with Crippen LogP contribution in [0, 0.1) is 0 Å². The van der Waals surface area contributed by atoms with Crippen molar-refractivity contribution in [1.29, 1.82) is 0 Å². The first-order valence-electron chi connectivity index (χ1n) is 6.54. The fraction of sp³-hybridized carbons (Fsp3) is 0.267. The van der Waals surface area contributed by atoms with Gasteiger partial charge >= 0.3 is 6.09 Å². The van der Waals surface area contributed by atoms with Crippen molar-refractivity contribution in [3.63, 3.8) is 0 Å².